The van der Waals surface area contributed by atoms with Crippen molar-refractivity contribution < 1.29 is 0 Å². The van der Waals surface area contributed by atoms with E-state index in [2.05, 4.69) is 72.9 Å². The van der Waals surface area contributed by atoms with Gasteiger partial charge in [0.25, 0.3) is 0 Å². The van der Waals surface area contributed by atoms with Crippen molar-refractivity contribution in [3.63, 3.8) is 0 Å². The van der Waals surface area contributed by atoms with E-state index < -0.39 is 0 Å². The summed E-state index contributed by atoms with van der Waals surface area (Å²) in [4.78, 5) is 0. The van der Waals surface area contributed by atoms with Crippen molar-refractivity contribution in [1.29, 1.82) is 0 Å². The standard InChI is InChI=1S/C16H19N/c1-13(14-9-5-3-6-10-14)16(17-2)15-11-7-4-8-12-15/h3-13,16-17H,1-2H3/t13-,16+/m1/s1. The Hall–Kier alpha value is -1.60. The lowest BCUT2D eigenvalue weighted by Crippen LogP contribution is -2.22. The number of hydrogen-bond donors (Lipinski definition) is 1. The molecular weight excluding hydrogens is 206 g/mol. The van der Waals surface area contributed by atoms with E-state index in [0.29, 0.717) is 12.0 Å². The largest absolute Gasteiger partial charge is 0.312 e. The molecule has 2 aromatic rings. The van der Waals surface area contributed by atoms with Crippen LogP contribution in [0.25, 0.3) is 0 Å². The van der Waals surface area contributed by atoms with Gasteiger partial charge < -0.3 is 5.32 Å². The normalized spacial score (nSPS) is 14.2. The molecule has 0 radical (unpaired) electrons. The van der Waals surface area contributed by atoms with Gasteiger partial charge in [0.05, 0.1) is 0 Å². The highest BCUT2D eigenvalue weighted by Crippen LogP contribution is 2.29. The van der Waals surface area contributed by atoms with Gasteiger partial charge in [-0.25, -0.2) is 0 Å². The number of likely N-dealkylation sites (N-methyl/N-ethyl adjacent to an activating group) is 1. The number of hydrogen-bond acceptors (Lipinski definition) is 1. The smallest absolute Gasteiger partial charge is 0.0384 e. The van der Waals surface area contributed by atoms with Gasteiger partial charge in [-0.15, -0.1) is 0 Å². The maximum absolute atomic E-state index is 3.42. The molecule has 0 aliphatic carbocycles. The topological polar surface area (TPSA) is 12.0 Å². The number of benzene rings is 2. The van der Waals surface area contributed by atoms with E-state index in [-0.39, 0.29) is 0 Å². The minimum atomic E-state index is 0.360. The summed E-state index contributed by atoms with van der Waals surface area (Å²) in [6.07, 6.45) is 0. The Balaban J connectivity index is 2.25. The van der Waals surface area contributed by atoms with Crippen molar-refractivity contribution in [3.8, 4) is 0 Å². The molecule has 0 fully saturated rings. The van der Waals surface area contributed by atoms with Crippen molar-refractivity contribution >= 4 is 0 Å². The van der Waals surface area contributed by atoms with E-state index >= 15 is 0 Å². The Morgan fingerprint density at radius 3 is 1.71 bits per heavy atom. The molecule has 1 heteroatoms. The third-order valence-electron chi connectivity index (χ3n) is 3.30. The lowest BCUT2D eigenvalue weighted by atomic mass is 9.89. The van der Waals surface area contributed by atoms with E-state index in [1.165, 1.54) is 11.1 Å². The fourth-order valence-electron chi connectivity index (χ4n) is 2.31. The SMILES string of the molecule is CN[C@H](c1ccccc1)[C@H](C)c1ccccc1. The Kier molecular flexibility index (Phi) is 3.94. The second-order valence-electron chi connectivity index (χ2n) is 4.38. The summed E-state index contributed by atoms with van der Waals surface area (Å²) in [7, 11) is 2.02. The quantitative estimate of drug-likeness (QED) is 0.835. The number of rotatable bonds is 4. The van der Waals surface area contributed by atoms with Crippen LogP contribution in [0.3, 0.4) is 0 Å². The van der Waals surface area contributed by atoms with Crippen LogP contribution in [0.15, 0.2) is 60.7 Å². The second-order valence-corrected chi connectivity index (χ2v) is 4.38. The highest BCUT2D eigenvalue weighted by atomic mass is 14.9. The van der Waals surface area contributed by atoms with Crippen molar-refractivity contribution in [2.75, 3.05) is 7.05 Å². The first kappa shape index (κ1) is 11.9. The molecule has 2 atom stereocenters. The zero-order chi connectivity index (χ0) is 12.1. The molecule has 1 nitrogen and oxygen atoms in total. The first-order valence-electron chi connectivity index (χ1n) is 6.10. The lowest BCUT2D eigenvalue weighted by Gasteiger charge is -2.24. The average molecular weight is 225 g/mol. The highest BCUT2D eigenvalue weighted by Gasteiger charge is 2.18. The van der Waals surface area contributed by atoms with Crippen LogP contribution in [0.5, 0.6) is 0 Å². The molecule has 0 aliphatic rings. The van der Waals surface area contributed by atoms with Gasteiger partial charge in [0.15, 0.2) is 0 Å². The summed E-state index contributed by atoms with van der Waals surface area (Å²) >= 11 is 0. The average Bonchev–Trinajstić information content (AvgIpc) is 2.42. The summed E-state index contributed by atoms with van der Waals surface area (Å²) in [5, 5.41) is 3.42. The van der Waals surface area contributed by atoms with Crippen LogP contribution in [-0.2, 0) is 0 Å². The van der Waals surface area contributed by atoms with E-state index in [1.54, 1.807) is 0 Å². The summed E-state index contributed by atoms with van der Waals surface area (Å²) < 4.78 is 0. The molecule has 2 rings (SSSR count). The van der Waals surface area contributed by atoms with Gasteiger partial charge in [0, 0.05) is 12.0 Å². The number of nitrogens with one attached hydrogen (secondary N) is 1. The van der Waals surface area contributed by atoms with Gasteiger partial charge in [-0.1, -0.05) is 67.6 Å². The summed E-state index contributed by atoms with van der Waals surface area (Å²) in [6, 6.07) is 21.6. The summed E-state index contributed by atoms with van der Waals surface area (Å²) in [5.74, 6) is 0.462. The van der Waals surface area contributed by atoms with Gasteiger partial charge in [0.1, 0.15) is 0 Å². The lowest BCUT2D eigenvalue weighted by molar-refractivity contribution is 0.508. The van der Waals surface area contributed by atoms with Crippen molar-refractivity contribution in [2.45, 2.75) is 18.9 Å². The molecular formula is C16H19N. The maximum Gasteiger partial charge on any atom is 0.0384 e. The molecule has 0 aromatic heterocycles. The third kappa shape index (κ3) is 2.75. The van der Waals surface area contributed by atoms with E-state index in [9.17, 15) is 0 Å². The van der Waals surface area contributed by atoms with Crippen LogP contribution in [0, 0.1) is 0 Å². The van der Waals surface area contributed by atoms with Gasteiger partial charge >= 0.3 is 0 Å². The second kappa shape index (κ2) is 5.65. The molecule has 88 valence electrons. The van der Waals surface area contributed by atoms with Crippen LogP contribution in [-0.4, -0.2) is 7.05 Å². The van der Waals surface area contributed by atoms with Crippen LogP contribution in [0.2, 0.25) is 0 Å². The molecule has 0 heterocycles. The van der Waals surface area contributed by atoms with Crippen molar-refractivity contribution in [2.24, 2.45) is 0 Å². The van der Waals surface area contributed by atoms with Gasteiger partial charge in [-0.2, -0.15) is 0 Å². The van der Waals surface area contributed by atoms with E-state index in [0.717, 1.165) is 0 Å². The van der Waals surface area contributed by atoms with Crippen LogP contribution >= 0.6 is 0 Å². The Morgan fingerprint density at radius 2 is 1.24 bits per heavy atom. The zero-order valence-corrected chi connectivity index (χ0v) is 10.4. The van der Waals surface area contributed by atoms with Gasteiger partial charge in [-0.3, -0.25) is 0 Å². The van der Waals surface area contributed by atoms with Gasteiger partial charge in [0.2, 0.25) is 0 Å². The first-order chi connectivity index (χ1) is 8.33. The summed E-state index contributed by atoms with van der Waals surface area (Å²) in [5.41, 5.74) is 2.71. The maximum atomic E-state index is 3.42. The molecule has 0 spiro atoms. The Bertz CT molecular complexity index is 436. The Labute approximate surface area is 103 Å². The minimum Gasteiger partial charge on any atom is -0.312 e. The van der Waals surface area contributed by atoms with Gasteiger partial charge in [-0.05, 0) is 18.2 Å². The zero-order valence-electron chi connectivity index (χ0n) is 10.4. The molecule has 0 saturated carbocycles. The molecule has 0 amide bonds. The fourth-order valence-corrected chi connectivity index (χ4v) is 2.31. The third-order valence-corrected chi connectivity index (χ3v) is 3.30. The highest BCUT2D eigenvalue weighted by molar-refractivity contribution is 5.27. The molecule has 1 N–H and O–H groups in total. The van der Waals surface area contributed by atoms with Crippen LogP contribution < -0.4 is 5.32 Å². The predicted octanol–water partition coefficient (Wildman–Crippen LogP) is 3.75. The first-order valence-corrected chi connectivity index (χ1v) is 6.10. The minimum absolute atomic E-state index is 0.360. The Morgan fingerprint density at radius 1 is 0.765 bits per heavy atom. The van der Waals surface area contributed by atoms with Crippen LogP contribution in [0.1, 0.15) is 30.0 Å². The molecule has 2 aromatic carbocycles. The predicted molar refractivity (Wildman–Crippen MR) is 73.1 cm³/mol. The van der Waals surface area contributed by atoms with Crippen molar-refractivity contribution in [3.05, 3.63) is 71.8 Å². The molecule has 0 saturated heterocycles. The van der Waals surface area contributed by atoms with Crippen molar-refractivity contribution in [1.82, 2.24) is 5.32 Å². The molecule has 0 bridgehead atoms. The molecule has 17 heavy (non-hydrogen) atoms. The molecule has 0 aliphatic heterocycles. The molecule has 0 unspecified atom stereocenters. The summed E-state index contributed by atoms with van der Waals surface area (Å²) in [6.45, 7) is 2.27. The monoisotopic (exact) mass is 225 g/mol. The van der Waals surface area contributed by atoms with Crippen LogP contribution in [0.4, 0.5) is 0 Å². The van der Waals surface area contributed by atoms with E-state index in [4.69, 9.17) is 0 Å². The van der Waals surface area contributed by atoms with E-state index in [1.807, 2.05) is 7.05 Å². The fraction of sp³-hybridized carbons (Fsp3) is 0.250.